The van der Waals surface area contributed by atoms with Gasteiger partial charge in [-0.25, -0.2) is 13.1 Å². The molecular weight excluding hydrogens is 254 g/mol. The van der Waals surface area contributed by atoms with E-state index in [1.54, 1.807) is 19.2 Å². The lowest BCUT2D eigenvalue weighted by atomic mass is 10.2. The molecule has 1 rings (SSSR count). The molecule has 102 valence electrons. The van der Waals surface area contributed by atoms with E-state index < -0.39 is 10.0 Å². The molecule has 18 heavy (non-hydrogen) atoms. The highest BCUT2D eigenvalue weighted by Crippen LogP contribution is 2.12. The molecule has 0 aromatic heterocycles. The molecule has 0 aliphatic carbocycles. The Labute approximate surface area is 108 Å². The van der Waals surface area contributed by atoms with Gasteiger partial charge in [0.15, 0.2) is 0 Å². The van der Waals surface area contributed by atoms with Crippen molar-refractivity contribution in [3.8, 4) is 5.75 Å². The predicted octanol–water partition coefficient (Wildman–Crippen LogP) is 0.887. The lowest BCUT2D eigenvalue weighted by molar-refractivity contribution is 0.287. The number of benzene rings is 1. The number of sulfonamides is 1. The first-order valence-corrected chi connectivity index (χ1v) is 7.44. The van der Waals surface area contributed by atoms with Crippen LogP contribution in [0.1, 0.15) is 18.4 Å². The summed E-state index contributed by atoms with van der Waals surface area (Å²) in [6.45, 7) is 0.268. The molecule has 0 spiro atoms. The topological polar surface area (TPSA) is 75.6 Å². The molecule has 0 fully saturated rings. The summed E-state index contributed by atoms with van der Waals surface area (Å²) >= 11 is 0. The summed E-state index contributed by atoms with van der Waals surface area (Å²) in [4.78, 5) is 0. The molecule has 0 unspecified atom stereocenters. The highest BCUT2D eigenvalue weighted by molar-refractivity contribution is 7.89. The molecule has 1 aromatic carbocycles. The van der Waals surface area contributed by atoms with Crippen molar-refractivity contribution in [1.82, 2.24) is 4.72 Å². The molecule has 0 saturated carbocycles. The van der Waals surface area contributed by atoms with E-state index in [1.807, 2.05) is 12.1 Å². The van der Waals surface area contributed by atoms with Gasteiger partial charge in [0.25, 0.3) is 0 Å². The van der Waals surface area contributed by atoms with Gasteiger partial charge < -0.3 is 9.84 Å². The van der Waals surface area contributed by atoms with Crippen molar-refractivity contribution in [3.63, 3.8) is 0 Å². The molecule has 0 saturated heterocycles. The first-order chi connectivity index (χ1) is 8.57. The van der Waals surface area contributed by atoms with Crippen LogP contribution in [0.2, 0.25) is 0 Å². The van der Waals surface area contributed by atoms with Gasteiger partial charge >= 0.3 is 0 Å². The lowest BCUT2D eigenvalue weighted by Gasteiger charge is -2.07. The Hall–Kier alpha value is -1.11. The van der Waals surface area contributed by atoms with E-state index in [-0.39, 0.29) is 18.9 Å². The Morgan fingerprint density at radius 3 is 2.78 bits per heavy atom. The number of hydrogen-bond donors (Lipinski definition) is 2. The van der Waals surface area contributed by atoms with Crippen molar-refractivity contribution in [2.75, 3.05) is 19.5 Å². The third-order valence-corrected chi connectivity index (χ3v) is 3.86. The van der Waals surface area contributed by atoms with Crippen molar-refractivity contribution in [1.29, 1.82) is 0 Å². The fourth-order valence-corrected chi connectivity index (χ4v) is 2.57. The fraction of sp³-hybridized carbons (Fsp3) is 0.500. The van der Waals surface area contributed by atoms with Crippen LogP contribution in [0.25, 0.3) is 0 Å². The molecule has 0 aliphatic heterocycles. The van der Waals surface area contributed by atoms with Crippen molar-refractivity contribution in [2.24, 2.45) is 0 Å². The Bertz CT molecular complexity index is 459. The van der Waals surface area contributed by atoms with Gasteiger partial charge in [0, 0.05) is 13.2 Å². The minimum absolute atomic E-state index is 0.0193. The van der Waals surface area contributed by atoms with E-state index in [4.69, 9.17) is 9.84 Å². The Morgan fingerprint density at radius 1 is 1.33 bits per heavy atom. The van der Waals surface area contributed by atoms with Gasteiger partial charge in [-0.2, -0.15) is 0 Å². The third-order valence-electron chi connectivity index (χ3n) is 2.45. The van der Waals surface area contributed by atoms with Gasteiger partial charge in [0.2, 0.25) is 10.0 Å². The normalized spacial score (nSPS) is 11.4. The third kappa shape index (κ3) is 5.48. The van der Waals surface area contributed by atoms with Crippen molar-refractivity contribution < 1.29 is 18.3 Å². The van der Waals surface area contributed by atoms with Crippen LogP contribution in [0.5, 0.6) is 5.75 Å². The highest BCUT2D eigenvalue weighted by Gasteiger charge is 2.09. The van der Waals surface area contributed by atoms with Gasteiger partial charge in [0.05, 0.1) is 12.9 Å². The monoisotopic (exact) mass is 273 g/mol. The second kappa shape index (κ2) is 7.35. The molecule has 0 radical (unpaired) electrons. The maximum absolute atomic E-state index is 11.6. The fourth-order valence-electron chi connectivity index (χ4n) is 1.45. The average Bonchev–Trinajstić information content (AvgIpc) is 2.37. The minimum Gasteiger partial charge on any atom is -0.497 e. The standard InChI is InChI=1S/C12H19NO4S/c1-17-12-6-4-5-11(9-12)10-13-18(15,16)8-3-2-7-14/h4-6,9,13-14H,2-3,7-8,10H2,1H3. The summed E-state index contributed by atoms with van der Waals surface area (Å²) in [6.07, 6.45) is 0.962. The Morgan fingerprint density at radius 2 is 2.11 bits per heavy atom. The van der Waals surface area contributed by atoms with Crippen LogP contribution in [0.15, 0.2) is 24.3 Å². The second-order valence-electron chi connectivity index (χ2n) is 3.92. The van der Waals surface area contributed by atoms with Gasteiger partial charge in [-0.15, -0.1) is 0 Å². The summed E-state index contributed by atoms with van der Waals surface area (Å²) in [5.41, 5.74) is 0.847. The van der Waals surface area contributed by atoms with Crippen LogP contribution >= 0.6 is 0 Å². The largest absolute Gasteiger partial charge is 0.497 e. The van der Waals surface area contributed by atoms with E-state index in [0.717, 1.165) is 5.56 Å². The zero-order chi connectivity index (χ0) is 13.4. The van der Waals surface area contributed by atoms with Crippen LogP contribution in [0, 0.1) is 0 Å². The van der Waals surface area contributed by atoms with Crippen LogP contribution < -0.4 is 9.46 Å². The van der Waals surface area contributed by atoms with Crippen LogP contribution in [-0.4, -0.2) is 33.0 Å². The molecule has 0 amide bonds. The number of unbranched alkanes of at least 4 members (excludes halogenated alkanes) is 1. The molecule has 6 heteroatoms. The lowest BCUT2D eigenvalue weighted by Crippen LogP contribution is -2.26. The number of ether oxygens (including phenoxy) is 1. The van der Waals surface area contributed by atoms with Crippen molar-refractivity contribution >= 4 is 10.0 Å². The quantitative estimate of drug-likeness (QED) is 0.690. The maximum atomic E-state index is 11.6. The molecule has 5 nitrogen and oxygen atoms in total. The van der Waals surface area contributed by atoms with Crippen LogP contribution in [-0.2, 0) is 16.6 Å². The highest BCUT2D eigenvalue weighted by atomic mass is 32.2. The van der Waals surface area contributed by atoms with Gasteiger partial charge in [0.1, 0.15) is 5.75 Å². The van der Waals surface area contributed by atoms with E-state index in [2.05, 4.69) is 4.72 Å². The number of methoxy groups -OCH3 is 1. The molecular formula is C12H19NO4S. The van der Waals surface area contributed by atoms with Crippen molar-refractivity contribution in [3.05, 3.63) is 29.8 Å². The predicted molar refractivity (Wildman–Crippen MR) is 69.9 cm³/mol. The zero-order valence-electron chi connectivity index (χ0n) is 10.4. The Kier molecular flexibility index (Phi) is 6.11. The average molecular weight is 273 g/mol. The summed E-state index contributed by atoms with van der Waals surface area (Å²) in [7, 11) is -1.71. The summed E-state index contributed by atoms with van der Waals surface area (Å²) < 4.78 is 30.8. The Balaban J connectivity index is 2.48. The first kappa shape index (κ1) is 14.9. The number of nitrogens with one attached hydrogen (secondary N) is 1. The van der Waals surface area contributed by atoms with E-state index >= 15 is 0 Å². The van der Waals surface area contributed by atoms with Gasteiger partial charge in [-0.1, -0.05) is 12.1 Å². The SMILES string of the molecule is COc1cccc(CNS(=O)(=O)CCCCO)c1. The van der Waals surface area contributed by atoms with Crippen LogP contribution in [0.3, 0.4) is 0 Å². The molecule has 0 heterocycles. The smallest absolute Gasteiger partial charge is 0.211 e. The number of rotatable bonds is 8. The number of aliphatic hydroxyl groups is 1. The van der Waals surface area contributed by atoms with Gasteiger partial charge in [-0.05, 0) is 30.5 Å². The summed E-state index contributed by atoms with van der Waals surface area (Å²) in [5.74, 6) is 0.740. The number of aliphatic hydroxyl groups excluding tert-OH is 1. The number of hydrogen-bond acceptors (Lipinski definition) is 4. The summed E-state index contributed by atoms with van der Waals surface area (Å²) in [5, 5.41) is 8.60. The molecule has 0 aliphatic rings. The molecule has 1 aromatic rings. The zero-order valence-corrected chi connectivity index (χ0v) is 11.2. The second-order valence-corrected chi connectivity index (χ2v) is 5.85. The minimum atomic E-state index is -3.27. The van der Waals surface area contributed by atoms with Crippen molar-refractivity contribution in [2.45, 2.75) is 19.4 Å². The maximum Gasteiger partial charge on any atom is 0.211 e. The first-order valence-electron chi connectivity index (χ1n) is 5.78. The van der Waals surface area contributed by atoms with E-state index in [9.17, 15) is 8.42 Å². The molecule has 0 bridgehead atoms. The molecule has 2 N–H and O–H groups in total. The molecule has 0 atom stereocenters. The van der Waals surface area contributed by atoms with Crippen LogP contribution in [0.4, 0.5) is 0 Å². The van der Waals surface area contributed by atoms with E-state index in [1.165, 1.54) is 0 Å². The summed E-state index contributed by atoms with van der Waals surface area (Å²) in [6, 6.07) is 7.24. The van der Waals surface area contributed by atoms with E-state index in [0.29, 0.717) is 18.6 Å². The van der Waals surface area contributed by atoms with Gasteiger partial charge in [-0.3, -0.25) is 0 Å².